The maximum atomic E-state index is 14.2. The lowest BCUT2D eigenvalue weighted by Gasteiger charge is -2.56. The predicted molar refractivity (Wildman–Crippen MR) is 158 cm³/mol. The Morgan fingerprint density at radius 3 is 2.10 bits per heavy atom. The van der Waals surface area contributed by atoms with Crippen LogP contribution < -0.4 is 0 Å². The van der Waals surface area contributed by atoms with Crippen molar-refractivity contribution in [3.05, 3.63) is 23.3 Å². The van der Waals surface area contributed by atoms with Gasteiger partial charge in [0.25, 0.3) is 0 Å². The van der Waals surface area contributed by atoms with E-state index in [-0.39, 0.29) is 18.4 Å². The number of fused-ring (bicyclic) bond motifs is 5. The van der Waals surface area contributed by atoms with Crippen LogP contribution in [0.5, 0.6) is 0 Å². The third-order valence-corrected chi connectivity index (χ3v) is 11.4. The summed E-state index contributed by atoms with van der Waals surface area (Å²) in [5, 5.41) is 47.5. The van der Waals surface area contributed by atoms with Crippen LogP contribution >= 0.6 is 0 Å². The molecule has 2 saturated carbocycles. The molecule has 0 saturated heterocycles. The van der Waals surface area contributed by atoms with Gasteiger partial charge in [-0.1, -0.05) is 91.2 Å². The predicted octanol–water partition coefficient (Wildman–Crippen LogP) is 4.36. The van der Waals surface area contributed by atoms with Crippen molar-refractivity contribution in [2.75, 3.05) is 6.61 Å². The van der Waals surface area contributed by atoms with Gasteiger partial charge in [0.15, 0.2) is 22.8 Å². The molecule has 0 unspecified atom stereocenters. The number of rotatable bonds is 13. The molecule has 8 nitrogen and oxygen atoms in total. The van der Waals surface area contributed by atoms with Gasteiger partial charge in [-0.2, -0.15) is 0 Å². The van der Waals surface area contributed by atoms with E-state index in [1.54, 1.807) is 26.0 Å². The summed E-state index contributed by atoms with van der Waals surface area (Å²) in [6, 6.07) is 0. The average Bonchev–Trinajstić information content (AvgIpc) is 3.36. The minimum atomic E-state index is -2.26. The Morgan fingerprint density at radius 1 is 0.976 bits per heavy atom. The van der Waals surface area contributed by atoms with Gasteiger partial charge in [-0.15, -0.1) is 0 Å². The van der Waals surface area contributed by atoms with E-state index in [1.165, 1.54) is 32.6 Å². The van der Waals surface area contributed by atoms with E-state index >= 15 is 0 Å². The summed E-state index contributed by atoms with van der Waals surface area (Å²) in [5.74, 6) is -5.51. The molecule has 0 aromatic carbocycles. The third-order valence-electron chi connectivity index (χ3n) is 11.4. The molecule has 0 aromatic rings. The second-order valence-electron chi connectivity index (χ2n) is 14.2. The van der Waals surface area contributed by atoms with Gasteiger partial charge in [-0.05, 0) is 24.5 Å². The van der Waals surface area contributed by atoms with E-state index < -0.39 is 75.6 Å². The van der Waals surface area contributed by atoms with Crippen LogP contribution in [0, 0.1) is 29.1 Å². The van der Waals surface area contributed by atoms with E-state index in [0.29, 0.717) is 12.0 Å². The lowest BCUT2D eigenvalue weighted by molar-refractivity contribution is -0.251. The number of Topliss-reactive ketones (excluding diaryl/α,β-unsaturated/α-hetero) is 2. The van der Waals surface area contributed by atoms with E-state index in [0.717, 1.165) is 25.7 Å². The highest BCUT2D eigenvalue weighted by molar-refractivity contribution is 6.05. The molecule has 0 bridgehead atoms. The van der Waals surface area contributed by atoms with E-state index in [9.17, 15) is 34.8 Å². The number of aliphatic hydroxyl groups excluding tert-OH is 1. The quantitative estimate of drug-likeness (QED) is 0.141. The highest BCUT2D eigenvalue weighted by Crippen LogP contribution is 2.79. The molecular formula is C34H52O8. The summed E-state index contributed by atoms with van der Waals surface area (Å²) >= 11 is 0. The molecule has 2 fully saturated rings. The molecule has 8 atom stereocenters. The van der Waals surface area contributed by atoms with Gasteiger partial charge in [0.2, 0.25) is 0 Å². The fourth-order valence-electron chi connectivity index (χ4n) is 9.27. The highest BCUT2D eigenvalue weighted by atomic mass is 16.6. The number of esters is 1. The molecule has 0 amide bonds. The molecule has 0 radical (unpaired) electrons. The maximum Gasteiger partial charge on any atom is 0.303 e. The Kier molecular flexibility index (Phi) is 9.10. The van der Waals surface area contributed by atoms with E-state index in [1.807, 2.05) is 13.8 Å². The molecule has 0 aromatic heterocycles. The van der Waals surface area contributed by atoms with Crippen LogP contribution in [-0.2, 0) is 19.1 Å². The zero-order chi connectivity index (χ0) is 31.3. The lowest BCUT2D eigenvalue weighted by Crippen LogP contribution is -2.73. The Morgan fingerprint density at radius 2 is 1.55 bits per heavy atom. The smallest absolute Gasteiger partial charge is 0.303 e. The fraction of sp³-hybridized carbons (Fsp3) is 0.794. The van der Waals surface area contributed by atoms with Crippen LogP contribution in [0.3, 0.4) is 0 Å². The van der Waals surface area contributed by atoms with Crippen LogP contribution in [0.15, 0.2) is 23.3 Å². The fourth-order valence-corrected chi connectivity index (χ4v) is 9.27. The van der Waals surface area contributed by atoms with E-state index in [4.69, 9.17) is 4.74 Å². The van der Waals surface area contributed by atoms with Crippen molar-refractivity contribution in [1.82, 2.24) is 0 Å². The van der Waals surface area contributed by atoms with Crippen molar-refractivity contribution in [3.8, 4) is 0 Å². The Labute approximate surface area is 250 Å². The van der Waals surface area contributed by atoms with Crippen molar-refractivity contribution in [2.45, 2.75) is 135 Å². The van der Waals surface area contributed by atoms with Gasteiger partial charge in [-0.25, -0.2) is 0 Å². The summed E-state index contributed by atoms with van der Waals surface area (Å²) in [6.45, 7) is 9.80. The number of ether oxygens (including phenoxy) is 1. The van der Waals surface area contributed by atoms with Crippen molar-refractivity contribution in [1.29, 1.82) is 0 Å². The molecule has 4 aliphatic rings. The van der Waals surface area contributed by atoms with Crippen LogP contribution in [0.4, 0.5) is 0 Å². The van der Waals surface area contributed by atoms with Gasteiger partial charge in [0, 0.05) is 48.9 Å². The number of unbranched alkanes of at least 4 members (excludes halogenated alkanes) is 8. The number of carbonyl (C=O) groups excluding carboxylic acids is 3. The van der Waals surface area contributed by atoms with Gasteiger partial charge in [0.05, 0.1) is 12.2 Å². The summed E-state index contributed by atoms with van der Waals surface area (Å²) in [6.07, 6.45) is 12.6. The standard InChI is InChI=1S/C34H52O8/c1-7-8-9-10-11-12-13-14-15-16-27(37)33(41)22(3)32(40)25(28-30(5,6)34(28,33)42-23(4)36)18-24(20-35)19-31(39)26(32)17-21(2)29(31)38/h17-18,22,25-26,28,35,39-41H,7-16,19-20H2,1-6H3/t22-,25-,26+,28-,31+,32+,33-,34-/m0/s1. The van der Waals surface area contributed by atoms with Crippen LogP contribution in [0.25, 0.3) is 0 Å². The lowest BCUT2D eigenvalue weighted by atomic mass is 9.53. The highest BCUT2D eigenvalue weighted by Gasteiger charge is 2.92. The van der Waals surface area contributed by atoms with Crippen LogP contribution in [-0.4, -0.2) is 67.0 Å². The monoisotopic (exact) mass is 588 g/mol. The summed E-state index contributed by atoms with van der Waals surface area (Å²) in [7, 11) is 0. The Balaban J connectivity index is 1.70. The van der Waals surface area contributed by atoms with Gasteiger partial charge >= 0.3 is 5.97 Å². The molecule has 4 aliphatic carbocycles. The number of carbonyl (C=O) groups is 3. The molecule has 4 N–H and O–H groups in total. The summed E-state index contributed by atoms with van der Waals surface area (Å²) < 4.78 is 5.99. The normalized spacial score (nSPS) is 39.8. The van der Waals surface area contributed by atoms with Crippen molar-refractivity contribution >= 4 is 17.5 Å². The van der Waals surface area contributed by atoms with Gasteiger partial charge < -0.3 is 25.2 Å². The van der Waals surface area contributed by atoms with E-state index in [2.05, 4.69) is 6.92 Å². The second kappa shape index (κ2) is 11.6. The first-order valence-corrected chi connectivity index (χ1v) is 16.1. The van der Waals surface area contributed by atoms with Gasteiger partial charge in [0.1, 0.15) is 5.60 Å². The van der Waals surface area contributed by atoms with Crippen molar-refractivity contribution < 1.29 is 39.5 Å². The first kappa shape index (κ1) is 33.0. The summed E-state index contributed by atoms with van der Waals surface area (Å²) in [5.41, 5.74) is -8.09. The molecule has 42 heavy (non-hydrogen) atoms. The zero-order valence-corrected chi connectivity index (χ0v) is 26.4. The molecule has 236 valence electrons. The van der Waals surface area contributed by atoms with Gasteiger partial charge in [-0.3, -0.25) is 14.4 Å². The first-order valence-electron chi connectivity index (χ1n) is 16.1. The third kappa shape index (κ3) is 4.58. The Hall–Kier alpha value is -1.87. The minimum Gasteiger partial charge on any atom is -0.455 e. The number of aliphatic hydroxyl groups is 4. The average molecular weight is 589 g/mol. The molecule has 0 spiro atoms. The van der Waals surface area contributed by atoms with Crippen molar-refractivity contribution in [3.63, 3.8) is 0 Å². The molecule has 0 aliphatic heterocycles. The Bertz CT molecular complexity index is 1150. The number of hydrogen-bond donors (Lipinski definition) is 4. The summed E-state index contributed by atoms with van der Waals surface area (Å²) in [4.78, 5) is 40.1. The zero-order valence-electron chi connectivity index (χ0n) is 26.4. The van der Waals surface area contributed by atoms with Crippen LogP contribution in [0.2, 0.25) is 0 Å². The molecule has 0 heterocycles. The SMILES string of the molecule is CCCCCCCCCCCC(=O)[C@@]1(O)[C@@H](C)[C@@]2(O)[C@@H](C=C(CO)C[C@]3(O)C(=O)C(C)=C[C@@H]23)[C@H]2C(C)(C)[C@@]21OC(C)=O. The van der Waals surface area contributed by atoms with Crippen LogP contribution in [0.1, 0.15) is 112 Å². The largest absolute Gasteiger partial charge is 0.455 e. The maximum absolute atomic E-state index is 14.2. The first-order chi connectivity index (χ1) is 19.6. The second-order valence-corrected chi connectivity index (χ2v) is 14.2. The van der Waals surface area contributed by atoms with Crippen molar-refractivity contribution in [2.24, 2.45) is 29.1 Å². The topological polar surface area (TPSA) is 141 Å². The minimum absolute atomic E-state index is 0.0592. The molecule has 4 rings (SSSR count). The number of hydrogen-bond acceptors (Lipinski definition) is 8. The number of ketones is 2. The molecular weight excluding hydrogens is 536 g/mol. The molecule has 8 heteroatoms.